The third-order valence-electron chi connectivity index (χ3n) is 9.81. The molecule has 2 heterocycles. The van der Waals surface area contributed by atoms with Crippen LogP contribution in [0.1, 0.15) is 102 Å². The normalized spacial score (nSPS) is 20.8. The fourth-order valence-corrected chi connectivity index (χ4v) is 7.37. The van der Waals surface area contributed by atoms with Crippen molar-refractivity contribution in [1.29, 1.82) is 0 Å². The molecular weight excluding hydrogens is 540 g/mol. The number of oxazole rings is 1. The Labute approximate surface area is 259 Å². The zero-order valence-electron chi connectivity index (χ0n) is 26.2. The van der Waals surface area contributed by atoms with Crippen LogP contribution in [0.5, 0.6) is 0 Å². The molecule has 6 heteroatoms. The molecule has 2 aliphatic rings. The van der Waals surface area contributed by atoms with Gasteiger partial charge < -0.3 is 14.6 Å². The fourth-order valence-electron chi connectivity index (χ4n) is 7.25. The molecule has 1 saturated heterocycles. The zero-order chi connectivity index (χ0) is 29.5. The molecule has 5 nitrogen and oxygen atoms in total. The van der Waals surface area contributed by atoms with Crippen molar-refractivity contribution in [2.45, 2.75) is 97.1 Å². The standard InChI is InChI=1S/C36H51ClN4O/c1-5-40(6-2)35-32(25-27-13-9-7-10-14-27)38-34(42-35)33(41-23-11-8-12-24-41)26-28-15-17-29(18-16-28)36(3,4)39-31-21-19-30(37)20-22-31/h7,9-10,13-14,19-22,28-29,33,39H,5-6,8,11-12,15-18,23-26H2,1-4H3. The third-order valence-corrected chi connectivity index (χ3v) is 10.1. The smallest absolute Gasteiger partial charge is 0.219 e. The predicted molar refractivity (Wildman–Crippen MR) is 177 cm³/mol. The number of anilines is 2. The lowest BCUT2D eigenvalue weighted by atomic mass is 9.71. The van der Waals surface area contributed by atoms with Gasteiger partial charge in [-0.15, -0.1) is 0 Å². The van der Waals surface area contributed by atoms with Crippen molar-refractivity contribution in [1.82, 2.24) is 9.88 Å². The molecule has 1 aliphatic heterocycles. The Kier molecular flexibility index (Phi) is 10.5. The number of rotatable bonds is 12. The van der Waals surface area contributed by atoms with Gasteiger partial charge in [-0.05, 0) is 115 Å². The lowest BCUT2D eigenvalue weighted by Crippen LogP contribution is -2.42. The van der Waals surface area contributed by atoms with E-state index in [1.165, 1.54) is 50.5 Å². The summed E-state index contributed by atoms with van der Waals surface area (Å²) in [7, 11) is 0. The van der Waals surface area contributed by atoms with E-state index in [-0.39, 0.29) is 11.6 Å². The van der Waals surface area contributed by atoms with Crippen molar-refractivity contribution in [3.8, 4) is 0 Å². The first-order valence-corrected chi connectivity index (χ1v) is 16.8. The molecule has 1 atom stereocenters. The van der Waals surface area contributed by atoms with Gasteiger partial charge in [0, 0.05) is 35.8 Å². The molecule has 1 aliphatic carbocycles. The van der Waals surface area contributed by atoms with Crippen LogP contribution in [-0.4, -0.2) is 41.6 Å². The summed E-state index contributed by atoms with van der Waals surface area (Å²) in [4.78, 5) is 10.3. The molecule has 2 fully saturated rings. The molecule has 2 aromatic carbocycles. The summed E-state index contributed by atoms with van der Waals surface area (Å²) in [5, 5.41) is 4.58. The molecule has 42 heavy (non-hydrogen) atoms. The molecule has 0 spiro atoms. The van der Waals surface area contributed by atoms with Gasteiger partial charge in [-0.2, -0.15) is 0 Å². The van der Waals surface area contributed by atoms with Crippen LogP contribution in [0.2, 0.25) is 5.02 Å². The summed E-state index contributed by atoms with van der Waals surface area (Å²) < 4.78 is 6.79. The molecule has 0 amide bonds. The van der Waals surface area contributed by atoms with E-state index in [0.717, 1.165) is 67.2 Å². The Morgan fingerprint density at radius 1 is 0.952 bits per heavy atom. The van der Waals surface area contributed by atoms with Crippen molar-refractivity contribution < 1.29 is 4.42 Å². The number of hydrogen-bond donors (Lipinski definition) is 1. The average molecular weight is 591 g/mol. The van der Waals surface area contributed by atoms with Gasteiger partial charge in [-0.3, -0.25) is 4.90 Å². The average Bonchev–Trinajstić information content (AvgIpc) is 3.41. The Morgan fingerprint density at radius 3 is 2.26 bits per heavy atom. The molecule has 1 saturated carbocycles. The number of aromatic nitrogens is 1. The van der Waals surface area contributed by atoms with Crippen LogP contribution in [0.25, 0.3) is 0 Å². The van der Waals surface area contributed by atoms with E-state index in [1.807, 2.05) is 12.1 Å². The van der Waals surface area contributed by atoms with Crippen molar-refractivity contribution in [3.05, 3.63) is 76.8 Å². The second-order valence-electron chi connectivity index (χ2n) is 13.1. The Morgan fingerprint density at radius 2 is 1.62 bits per heavy atom. The summed E-state index contributed by atoms with van der Waals surface area (Å²) in [6.45, 7) is 13.3. The largest absolute Gasteiger partial charge is 0.423 e. The molecule has 1 N–H and O–H groups in total. The van der Waals surface area contributed by atoms with Crippen LogP contribution in [0.3, 0.4) is 0 Å². The summed E-state index contributed by atoms with van der Waals surface area (Å²) in [6, 6.07) is 19.1. The molecule has 3 aromatic rings. The highest BCUT2D eigenvalue weighted by Gasteiger charge is 2.36. The summed E-state index contributed by atoms with van der Waals surface area (Å²) in [5.74, 6) is 3.25. The van der Waals surface area contributed by atoms with E-state index < -0.39 is 0 Å². The van der Waals surface area contributed by atoms with Gasteiger partial charge >= 0.3 is 0 Å². The number of likely N-dealkylation sites (tertiary alicyclic amines) is 1. The van der Waals surface area contributed by atoms with Crippen LogP contribution in [0, 0.1) is 11.8 Å². The molecule has 0 bridgehead atoms. The number of nitrogens with one attached hydrogen (secondary N) is 1. The quantitative estimate of drug-likeness (QED) is 0.228. The van der Waals surface area contributed by atoms with Gasteiger partial charge in [0.05, 0.1) is 6.04 Å². The maximum absolute atomic E-state index is 6.79. The number of hydrogen-bond acceptors (Lipinski definition) is 5. The van der Waals surface area contributed by atoms with Gasteiger partial charge in [0.15, 0.2) is 0 Å². The molecule has 1 aromatic heterocycles. The van der Waals surface area contributed by atoms with E-state index in [4.69, 9.17) is 21.0 Å². The number of piperidine rings is 1. The van der Waals surface area contributed by atoms with Crippen LogP contribution < -0.4 is 10.2 Å². The lowest BCUT2D eigenvalue weighted by molar-refractivity contribution is 0.102. The first-order chi connectivity index (χ1) is 20.4. The highest BCUT2D eigenvalue weighted by atomic mass is 35.5. The minimum atomic E-state index is 0.0403. The van der Waals surface area contributed by atoms with Crippen LogP contribution in [0.15, 0.2) is 59.0 Å². The van der Waals surface area contributed by atoms with E-state index in [1.54, 1.807) is 0 Å². The van der Waals surface area contributed by atoms with Crippen LogP contribution in [-0.2, 0) is 6.42 Å². The minimum absolute atomic E-state index is 0.0403. The van der Waals surface area contributed by atoms with Crippen LogP contribution >= 0.6 is 11.6 Å². The van der Waals surface area contributed by atoms with Gasteiger partial charge in [-0.25, -0.2) is 4.98 Å². The fraction of sp³-hybridized carbons (Fsp3) is 0.583. The number of halogens is 1. The Bertz CT molecular complexity index is 1220. The van der Waals surface area contributed by atoms with Crippen molar-refractivity contribution >= 4 is 23.2 Å². The topological polar surface area (TPSA) is 44.5 Å². The highest BCUT2D eigenvalue weighted by molar-refractivity contribution is 6.30. The maximum Gasteiger partial charge on any atom is 0.219 e. The molecule has 228 valence electrons. The second-order valence-corrected chi connectivity index (χ2v) is 13.5. The van der Waals surface area contributed by atoms with E-state index in [9.17, 15) is 0 Å². The van der Waals surface area contributed by atoms with Gasteiger partial charge in [-0.1, -0.05) is 61.2 Å². The van der Waals surface area contributed by atoms with Crippen molar-refractivity contribution in [2.24, 2.45) is 11.8 Å². The molecule has 0 radical (unpaired) electrons. The first-order valence-electron chi connectivity index (χ1n) is 16.4. The van der Waals surface area contributed by atoms with E-state index >= 15 is 0 Å². The van der Waals surface area contributed by atoms with Crippen molar-refractivity contribution in [3.63, 3.8) is 0 Å². The summed E-state index contributed by atoms with van der Waals surface area (Å²) in [5.41, 5.74) is 3.56. The zero-order valence-corrected chi connectivity index (χ0v) is 27.0. The Hall–Kier alpha value is -2.50. The van der Waals surface area contributed by atoms with Crippen LogP contribution in [0.4, 0.5) is 11.6 Å². The Balaban J connectivity index is 1.31. The van der Waals surface area contributed by atoms with Gasteiger partial charge in [0.1, 0.15) is 5.69 Å². The summed E-state index contributed by atoms with van der Waals surface area (Å²) in [6.07, 6.45) is 10.9. The number of nitrogens with zero attached hydrogens (tertiary/aromatic N) is 3. The SMILES string of the molecule is CCN(CC)c1oc(C(CC2CCC(C(C)(C)Nc3ccc(Cl)cc3)CC2)N2CCCCC2)nc1Cc1ccccc1. The molecule has 5 rings (SSSR count). The maximum atomic E-state index is 6.79. The molecule has 1 unspecified atom stereocenters. The third kappa shape index (κ3) is 7.71. The van der Waals surface area contributed by atoms with Crippen molar-refractivity contribution in [2.75, 3.05) is 36.4 Å². The minimum Gasteiger partial charge on any atom is -0.423 e. The summed E-state index contributed by atoms with van der Waals surface area (Å²) >= 11 is 6.12. The van der Waals surface area contributed by atoms with E-state index in [2.05, 4.69) is 85.3 Å². The lowest BCUT2D eigenvalue weighted by Gasteiger charge is -2.42. The van der Waals surface area contributed by atoms with E-state index in [0.29, 0.717) is 11.8 Å². The number of benzene rings is 2. The predicted octanol–water partition coefficient (Wildman–Crippen LogP) is 9.38. The second kappa shape index (κ2) is 14.3. The highest BCUT2D eigenvalue weighted by Crippen LogP contribution is 2.42. The van der Waals surface area contributed by atoms with Gasteiger partial charge in [0.25, 0.3) is 0 Å². The molecular formula is C36H51ClN4O. The van der Waals surface area contributed by atoms with Gasteiger partial charge in [0.2, 0.25) is 11.8 Å². The monoisotopic (exact) mass is 590 g/mol. The first kappa shape index (κ1) is 30.9.